The van der Waals surface area contributed by atoms with Gasteiger partial charge in [-0.05, 0) is 27.6 Å². The molecule has 0 aliphatic heterocycles. The van der Waals surface area contributed by atoms with Crippen molar-refractivity contribution < 1.29 is 0 Å². The van der Waals surface area contributed by atoms with Crippen LogP contribution in [0.1, 0.15) is 0 Å². The smallest absolute Gasteiger partial charge is 0.115 e. The number of hydrogen-bond donors (Lipinski definition) is 0. The summed E-state index contributed by atoms with van der Waals surface area (Å²) in [6.45, 7) is 0. The second-order valence-electron chi connectivity index (χ2n) is 4.41. The Kier molecular flexibility index (Phi) is 3.65. The Morgan fingerprint density at radius 3 is 1.40 bits per heavy atom. The molecule has 0 amide bonds. The lowest BCUT2D eigenvalue weighted by molar-refractivity contribution is 1.17. The van der Waals surface area contributed by atoms with Gasteiger partial charge in [0.2, 0.25) is 0 Å². The number of hydrogen-bond acceptors (Lipinski definition) is 2. The van der Waals surface area contributed by atoms with Gasteiger partial charge >= 0.3 is 0 Å². The van der Waals surface area contributed by atoms with Gasteiger partial charge in [0, 0.05) is 12.4 Å². The lowest BCUT2D eigenvalue weighted by Gasteiger charge is -2.02. The molecule has 0 saturated heterocycles. The van der Waals surface area contributed by atoms with Gasteiger partial charge in [-0.15, -0.1) is 0 Å². The van der Waals surface area contributed by atoms with Crippen molar-refractivity contribution in [2.24, 2.45) is 0 Å². The highest BCUT2D eigenvalue weighted by Gasteiger charge is 1.97. The van der Waals surface area contributed by atoms with Crippen LogP contribution in [0.5, 0.6) is 0 Å². The normalized spacial score (nSPS) is 10.0. The summed E-state index contributed by atoms with van der Waals surface area (Å²) in [7, 11) is 0. The molecule has 0 N–H and O–H groups in total. The molecule has 0 bridgehead atoms. The number of aromatic nitrogens is 2. The fourth-order valence-electron chi connectivity index (χ4n) is 2.21. The molecule has 4 aromatic rings. The van der Waals surface area contributed by atoms with Crippen LogP contribution in [0.3, 0.4) is 0 Å². The average molecular weight is 258 g/mol. The summed E-state index contributed by atoms with van der Waals surface area (Å²) in [6, 6.07) is 23.1. The fourth-order valence-corrected chi connectivity index (χ4v) is 2.21. The van der Waals surface area contributed by atoms with E-state index in [0.717, 1.165) is 0 Å². The van der Waals surface area contributed by atoms with Gasteiger partial charge in [0.1, 0.15) is 6.33 Å². The highest BCUT2D eigenvalue weighted by Crippen LogP contribution is 2.24. The van der Waals surface area contributed by atoms with Crippen LogP contribution >= 0.6 is 0 Å². The minimum atomic E-state index is 1.31. The van der Waals surface area contributed by atoms with Crippen LogP contribution in [0.4, 0.5) is 0 Å². The maximum Gasteiger partial charge on any atom is 0.115 e. The van der Waals surface area contributed by atoms with Crippen LogP contribution in [0, 0.1) is 0 Å². The Balaban J connectivity index is 0.000000170. The molecule has 0 radical (unpaired) electrons. The van der Waals surface area contributed by atoms with Crippen molar-refractivity contribution >= 4 is 21.5 Å². The summed E-state index contributed by atoms with van der Waals surface area (Å²) in [5.41, 5.74) is 0. The van der Waals surface area contributed by atoms with Crippen molar-refractivity contribution in [3.63, 3.8) is 0 Å². The van der Waals surface area contributed by atoms with Gasteiger partial charge < -0.3 is 0 Å². The molecule has 0 aliphatic rings. The topological polar surface area (TPSA) is 25.8 Å². The maximum absolute atomic E-state index is 3.67. The monoisotopic (exact) mass is 258 g/mol. The first-order valence-corrected chi connectivity index (χ1v) is 6.51. The van der Waals surface area contributed by atoms with E-state index >= 15 is 0 Å². The predicted molar refractivity (Wildman–Crippen MR) is 83.5 cm³/mol. The zero-order valence-corrected chi connectivity index (χ0v) is 11.0. The van der Waals surface area contributed by atoms with Crippen LogP contribution in [0.2, 0.25) is 0 Å². The Labute approximate surface area is 117 Å². The van der Waals surface area contributed by atoms with E-state index in [2.05, 4.69) is 70.6 Å². The second kappa shape index (κ2) is 5.93. The predicted octanol–water partition coefficient (Wildman–Crippen LogP) is 4.47. The Morgan fingerprint density at radius 1 is 0.500 bits per heavy atom. The van der Waals surface area contributed by atoms with Gasteiger partial charge in [-0.1, -0.05) is 60.7 Å². The highest BCUT2D eigenvalue weighted by molar-refractivity contribution is 6.07. The largest absolute Gasteiger partial charge is 0.245 e. The lowest BCUT2D eigenvalue weighted by Crippen LogP contribution is -1.75. The van der Waals surface area contributed by atoms with E-state index in [1.54, 1.807) is 18.5 Å². The third-order valence-corrected chi connectivity index (χ3v) is 3.13. The first-order valence-electron chi connectivity index (χ1n) is 6.51. The van der Waals surface area contributed by atoms with Crippen molar-refractivity contribution in [1.82, 2.24) is 9.97 Å². The van der Waals surface area contributed by atoms with Crippen LogP contribution in [-0.2, 0) is 0 Å². The molecule has 2 nitrogen and oxygen atoms in total. The molecule has 0 unspecified atom stereocenters. The number of nitrogens with zero attached hydrogens (tertiary/aromatic N) is 2. The molecular formula is C18H14N2. The molecule has 0 spiro atoms. The Bertz CT molecular complexity index is 729. The minimum Gasteiger partial charge on any atom is -0.245 e. The lowest BCUT2D eigenvalue weighted by atomic mass is 10.0. The van der Waals surface area contributed by atoms with Crippen LogP contribution in [0.25, 0.3) is 21.5 Å². The SMILES string of the molecule is c1ccc2c(c1)ccc1ccccc12.c1cncnc1. The number of fused-ring (bicyclic) bond motifs is 3. The molecule has 0 atom stereocenters. The van der Waals surface area contributed by atoms with Gasteiger partial charge in [-0.2, -0.15) is 0 Å². The minimum absolute atomic E-state index is 1.31. The Hall–Kier alpha value is -2.74. The molecule has 3 aromatic carbocycles. The molecule has 1 heterocycles. The zero-order valence-electron chi connectivity index (χ0n) is 11.0. The van der Waals surface area contributed by atoms with Gasteiger partial charge in [-0.3, -0.25) is 0 Å². The molecule has 20 heavy (non-hydrogen) atoms. The van der Waals surface area contributed by atoms with Crippen LogP contribution in [0.15, 0.2) is 85.5 Å². The summed E-state index contributed by atoms with van der Waals surface area (Å²) in [4.78, 5) is 7.35. The van der Waals surface area contributed by atoms with E-state index < -0.39 is 0 Å². The van der Waals surface area contributed by atoms with Crippen molar-refractivity contribution in [2.75, 3.05) is 0 Å². The summed E-state index contributed by atoms with van der Waals surface area (Å²) in [6.07, 6.45) is 4.88. The van der Waals surface area contributed by atoms with E-state index in [9.17, 15) is 0 Å². The first kappa shape index (κ1) is 12.3. The molecule has 96 valence electrons. The maximum atomic E-state index is 3.67. The van der Waals surface area contributed by atoms with Crippen LogP contribution < -0.4 is 0 Å². The second-order valence-corrected chi connectivity index (χ2v) is 4.41. The summed E-state index contributed by atoms with van der Waals surface area (Å²) < 4.78 is 0. The Morgan fingerprint density at radius 2 is 1.00 bits per heavy atom. The molecule has 2 heteroatoms. The van der Waals surface area contributed by atoms with Gasteiger partial charge in [0.15, 0.2) is 0 Å². The van der Waals surface area contributed by atoms with Gasteiger partial charge in [0.25, 0.3) is 0 Å². The van der Waals surface area contributed by atoms with E-state index in [4.69, 9.17) is 0 Å². The summed E-state index contributed by atoms with van der Waals surface area (Å²) >= 11 is 0. The quantitative estimate of drug-likeness (QED) is 0.435. The zero-order chi connectivity index (χ0) is 13.6. The number of rotatable bonds is 0. The molecular weight excluding hydrogens is 244 g/mol. The van der Waals surface area contributed by atoms with E-state index in [0.29, 0.717) is 0 Å². The van der Waals surface area contributed by atoms with E-state index in [-0.39, 0.29) is 0 Å². The van der Waals surface area contributed by atoms with Gasteiger partial charge in [0.05, 0.1) is 0 Å². The van der Waals surface area contributed by atoms with Crippen LogP contribution in [-0.4, -0.2) is 9.97 Å². The average Bonchev–Trinajstić information content (AvgIpc) is 2.57. The third kappa shape index (κ3) is 2.64. The molecule has 0 fully saturated rings. The summed E-state index contributed by atoms with van der Waals surface area (Å²) in [5, 5.41) is 5.30. The molecule has 0 saturated carbocycles. The number of benzene rings is 3. The standard InChI is InChI=1S/C14H10.C4H4N2/c1-3-7-13-11(5-1)9-10-12-6-2-4-8-14(12)13;1-2-5-4-6-3-1/h1-10H;1-4H. The third-order valence-electron chi connectivity index (χ3n) is 3.13. The van der Waals surface area contributed by atoms with E-state index in [1.165, 1.54) is 27.9 Å². The first-order chi connectivity index (χ1) is 9.95. The van der Waals surface area contributed by atoms with Crippen molar-refractivity contribution in [1.29, 1.82) is 0 Å². The molecule has 4 rings (SSSR count). The van der Waals surface area contributed by atoms with Crippen molar-refractivity contribution in [2.45, 2.75) is 0 Å². The van der Waals surface area contributed by atoms with Gasteiger partial charge in [-0.25, -0.2) is 9.97 Å². The highest BCUT2D eigenvalue weighted by atomic mass is 14.8. The molecule has 0 aliphatic carbocycles. The van der Waals surface area contributed by atoms with Crippen molar-refractivity contribution in [3.05, 3.63) is 85.5 Å². The van der Waals surface area contributed by atoms with E-state index in [1.807, 2.05) is 0 Å². The summed E-state index contributed by atoms with van der Waals surface area (Å²) in [5.74, 6) is 0. The van der Waals surface area contributed by atoms with Crippen molar-refractivity contribution in [3.8, 4) is 0 Å². The fraction of sp³-hybridized carbons (Fsp3) is 0. The molecule has 1 aromatic heterocycles.